The van der Waals surface area contributed by atoms with Crippen LogP contribution in [-0.4, -0.2) is 37.4 Å². The van der Waals surface area contributed by atoms with Gasteiger partial charge in [0.05, 0.1) is 34.4 Å². The smallest absolute Gasteiger partial charge is 0.744 e. The van der Waals surface area contributed by atoms with E-state index >= 15 is 0 Å². The van der Waals surface area contributed by atoms with Crippen LogP contribution in [0.2, 0.25) is 0 Å². The van der Waals surface area contributed by atoms with E-state index in [1.54, 1.807) is 18.2 Å². The molecular formula is C21H24N2NaO6S2+. The molecule has 1 aliphatic heterocycles. The Hall–Kier alpha value is -1.40. The van der Waals surface area contributed by atoms with Gasteiger partial charge in [-0.15, -0.1) is 0 Å². The summed E-state index contributed by atoms with van der Waals surface area (Å²) in [7, 11) is -8.53. The zero-order chi connectivity index (χ0) is 23.0. The van der Waals surface area contributed by atoms with Crippen LogP contribution in [0, 0.1) is 0 Å². The van der Waals surface area contributed by atoms with E-state index in [4.69, 9.17) is 4.55 Å². The molecule has 1 aromatic carbocycles. The Morgan fingerprint density at radius 1 is 1.09 bits per heavy atom. The first-order chi connectivity index (χ1) is 14.3. The minimum atomic E-state index is -4.49. The molecule has 2 heterocycles. The van der Waals surface area contributed by atoms with Crippen LogP contribution in [0.1, 0.15) is 43.9 Å². The number of aliphatic imine (C=N–C) groups is 1. The number of hydrogen-bond donors (Lipinski definition) is 1. The number of rotatable bonds is 7. The molecule has 0 saturated carbocycles. The zero-order valence-corrected chi connectivity index (χ0v) is 22.1. The monoisotopic (exact) mass is 487 g/mol. The molecule has 0 atom stereocenters. The van der Waals surface area contributed by atoms with Crippen molar-refractivity contribution in [1.29, 1.82) is 0 Å². The minimum Gasteiger partial charge on any atom is -0.744 e. The SMILES string of the molecule is CC1=Nc2c(cc(/C=C/c3ccc(S(=O)(=O)[O-])cc3)c[n+]2CCCS(=O)(=O)O)C1(C)C.[Na+]. The van der Waals surface area contributed by atoms with Gasteiger partial charge in [-0.05, 0) is 49.5 Å². The Morgan fingerprint density at radius 2 is 1.69 bits per heavy atom. The molecule has 0 saturated heterocycles. The molecule has 0 fully saturated rings. The summed E-state index contributed by atoms with van der Waals surface area (Å²) in [4.78, 5) is 4.39. The number of fused-ring (bicyclic) bond motifs is 1. The van der Waals surface area contributed by atoms with E-state index in [0.717, 1.165) is 28.2 Å². The second-order valence-electron chi connectivity index (χ2n) is 8.02. The molecule has 1 aromatic heterocycles. The standard InChI is InChI=1S/C21H24N2O6S2.Na/c1-15-21(2,3)19-13-17(6-5-16-7-9-18(10-8-16)31(27,28)29)14-23(20(19)22-15)11-4-12-30(24,25)26;/h5-10,13-14H,4,11-12H2,1-3H3,(H-,24,25,26,27,28,29);/q;+1/b6-5+;. The molecule has 166 valence electrons. The molecule has 3 rings (SSSR count). The third-order valence-electron chi connectivity index (χ3n) is 5.42. The molecule has 0 radical (unpaired) electrons. The first kappa shape index (κ1) is 26.8. The number of pyridine rings is 1. The van der Waals surface area contributed by atoms with Crippen molar-refractivity contribution in [3.8, 4) is 0 Å². The average molecular weight is 488 g/mol. The van der Waals surface area contributed by atoms with Gasteiger partial charge in [0.25, 0.3) is 10.1 Å². The van der Waals surface area contributed by atoms with E-state index in [1.165, 1.54) is 12.1 Å². The van der Waals surface area contributed by atoms with Gasteiger partial charge in [-0.1, -0.05) is 24.3 Å². The topological polar surface area (TPSA) is 128 Å². The summed E-state index contributed by atoms with van der Waals surface area (Å²) in [5.74, 6) is 0.426. The van der Waals surface area contributed by atoms with Gasteiger partial charge >= 0.3 is 35.4 Å². The molecule has 32 heavy (non-hydrogen) atoms. The van der Waals surface area contributed by atoms with Crippen LogP contribution in [0.25, 0.3) is 12.2 Å². The van der Waals surface area contributed by atoms with Crippen molar-refractivity contribution in [2.75, 3.05) is 5.75 Å². The largest absolute Gasteiger partial charge is 1.00 e. The Kier molecular flexibility index (Phi) is 8.26. The van der Waals surface area contributed by atoms with Crippen molar-refractivity contribution >= 4 is 43.9 Å². The Morgan fingerprint density at radius 3 is 2.25 bits per heavy atom. The van der Waals surface area contributed by atoms with E-state index in [-0.39, 0.29) is 52.0 Å². The first-order valence-electron chi connectivity index (χ1n) is 9.60. The summed E-state index contributed by atoms with van der Waals surface area (Å²) in [6.45, 7) is 6.45. The first-order valence-corrected chi connectivity index (χ1v) is 12.6. The summed E-state index contributed by atoms with van der Waals surface area (Å²) in [6, 6.07) is 7.64. The van der Waals surface area contributed by atoms with Crippen LogP contribution < -0.4 is 34.1 Å². The van der Waals surface area contributed by atoms with Gasteiger partial charge in [0.1, 0.15) is 15.8 Å². The molecular weight excluding hydrogens is 463 g/mol. The third-order valence-corrected chi connectivity index (χ3v) is 7.07. The fraction of sp³-hybridized carbons (Fsp3) is 0.333. The van der Waals surface area contributed by atoms with Gasteiger partial charge in [-0.3, -0.25) is 4.55 Å². The van der Waals surface area contributed by atoms with Gasteiger partial charge in [-0.25, -0.2) is 13.0 Å². The van der Waals surface area contributed by atoms with Crippen LogP contribution in [0.5, 0.6) is 0 Å². The second kappa shape index (κ2) is 9.84. The van der Waals surface area contributed by atoms with Crippen LogP contribution in [0.4, 0.5) is 5.82 Å². The molecule has 0 spiro atoms. The Bertz CT molecular complexity index is 1280. The number of nitrogens with zero attached hydrogens (tertiary/aromatic N) is 2. The second-order valence-corrected chi connectivity index (χ2v) is 11.0. The molecule has 1 N–H and O–H groups in total. The van der Waals surface area contributed by atoms with E-state index in [0.29, 0.717) is 6.54 Å². The predicted molar refractivity (Wildman–Crippen MR) is 117 cm³/mol. The molecule has 0 bridgehead atoms. The van der Waals surface area contributed by atoms with Crippen LogP contribution in [0.3, 0.4) is 0 Å². The number of aryl methyl sites for hydroxylation is 1. The van der Waals surface area contributed by atoms with Crippen molar-refractivity contribution in [1.82, 2.24) is 0 Å². The molecule has 11 heteroatoms. The Labute approximate surface area is 210 Å². The Balaban J connectivity index is 0.00000363. The van der Waals surface area contributed by atoms with E-state index in [2.05, 4.69) is 18.8 Å². The summed E-state index contributed by atoms with van der Waals surface area (Å²) in [5.41, 5.74) is 3.24. The van der Waals surface area contributed by atoms with Gasteiger partial charge in [0.2, 0.25) is 0 Å². The molecule has 0 aliphatic carbocycles. The summed E-state index contributed by atoms with van der Waals surface area (Å²) in [5, 5.41) is 0. The number of hydrogen-bond acceptors (Lipinski definition) is 6. The zero-order valence-electron chi connectivity index (χ0n) is 18.4. The van der Waals surface area contributed by atoms with Crippen LogP contribution in [0.15, 0.2) is 46.4 Å². The summed E-state index contributed by atoms with van der Waals surface area (Å²) in [6.07, 6.45) is 5.74. The van der Waals surface area contributed by atoms with E-state index in [1.807, 2.05) is 29.8 Å². The van der Waals surface area contributed by atoms with Crippen molar-refractivity contribution in [2.24, 2.45) is 4.99 Å². The van der Waals surface area contributed by atoms with Gasteiger partial charge < -0.3 is 4.55 Å². The van der Waals surface area contributed by atoms with Gasteiger partial charge in [0.15, 0.2) is 0 Å². The van der Waals surface area contributed by atoms with Crippen LogP contribution in [-0.2, 0) is 32.2 Å². The predicted octanol–water partition coefficient (Wildman–Crippen LogP) is -0.286. The van der Waals surface area contributed by atoms with E-state index < -0.39 is 20.2 Å². The maximum absolute atomic E-state index is 11.1. The van der Waals surface area contributed by atoms with E-state index in [9.17, 15) is 21.4 Å². The molecule has 1 aliphatic rings. The fourth-order valence-corrected chi connectivity index (χ4v) is 4.32. The third kappa shape index (κ3) is 6.34. The number of aromatic nitrogens is 1. The van der Waals surface area contributed by atoms with Crippen molar-refractivity contribution in [3.63, 3.8) is 0 Å². The normalized spacial score (nSPS) is 15.3. The van der Waals surface area contributed by atoms with Gasteiger partial charge in [-0.2, -0.15) is 8.42 Å². The van der Waals surface area contributed by atoms with Gasteiger partial charge in [0, 0.05) is 12.0 Å². The fourth-order valence-electron chi connectivity index (χ4n) is 3.36. The minimum absolute atomic E-state index is 0. The molecule has 0 amide bonds. The van der Waals surface area contributed by atoms with Crippen molar-refractivity contribution < 1.29 is 60.1 Å². The number of benzene rings is 1. The maximum Gasteiger partial charge on any atom is 1.00 e. The van der Waals surface area contributed by atoms with Crippen molar-refractivity contribution in [3.05, 3.63) is 53.2 Å². The summed E-state index contributed by atoms with van der Waals surface area (Å²) >= 11 is 0. The quantitative estimate of drug-likeness (QED) is 0.325. The average Bonchev–Trinajstić information content (AvgIpc) is 2.88. The maximum atomic E-state index is 11.1. The summed E-state index contributed by atoms with van der Waals surface area (Å²) < 4.78 is 66.2. The molecule has 8 nitrogen and oxygen atoms in total. The van der Waals surface area contributed by atoms with Crippen LogP contribution >= 0.6 is 0 Å². The van der Waals surface area contributed by atoms with Crippen molar-refractivity contribution in [2.45, 2.75) is 44.0 Å². The molecule has 2 aromatic rings. The molecule has 0 unspecified atom stereocenters.